The van der Waals surface area contributed by atoms with Crippen molar-refractivity contribution in [3.05, 3.63) is 23.2 Å². The summed E-state index contributed by atoms with van der Waals surface area (Å²) in [6.07, 6.45) is 0. The second-order valence-electron chi connectivity index (χ2n) is 2.17. The van der Waals surface area contributed by atoms with E-state index in [-0.39, 0.29) is 62.1 Å². The van der Waals surface area contributed by atoms with Crippen molar-refractivity contribution in [2.45, 2.75) is 4.90 Å². The molecule has 0 radical (unpaired) electrons. The van der Waals surface area contributed by atoms with Gasteiger partial charge in [-0.1, -0.05) is 11.6 Å². The SMILES string of the molecule is Nc1cc(Cl)cc(S(=O)(=O)[O-])c1.[K+]. The molecule has 0 aromatic heterocycles. The summed E-state index contributed by atoms with van der Waals surface area (Å²) in [7, 11) is -4.46. The minimum absolute atomic E-state index is 0. The number of hydrogen-bond acceptors (Lipinski definition) is 4. The van der Waals surface area contributed by atoms with E-state index in [4.69, 9.17) is 17.3 Å². The quantitative estimate of drug-likeness (QED) is 0.347. The van der Waals surface area contributed by atoms with Crippen LogP contribution >= 0.6 is 11.6 Å². The monoisotopic (exact) mass is 245 g/mol. The molecule has 0 fully saturated rings. The molecule has 1 rings (SSSR count). The van der Waals surface area contributed by atoms with Crippen LogP contribution in [-0.4, -0.2) is 13.0 Å². The Hall–Kier alpha value is 0.856. The van der Waals surface area contributed by atoms with Gasteiger partial charge in [0.25, 0.3) is 0 Å². The maximum atomic E-state index is 10.5. The third-order valence-electron chi connectivity index (χ3n) is 1.18. The average molecular weight is 246 g/mol. The third kappa shape index (κ3) is 4.26. The molecule has 4 nitrogen and oxygen atoms in total. The van der Waals surface area contributed by atoms with Gasteiger partial charge in [0.15, 0.2) is 0 Å². The Bertz CT molecular complexity index is 386. The van der Waals surface area contributed by atoms with Gasteiger partial charge in [0, 0.05) is 10.7 Å². The van der Waals surface area contributed by atoms with Gasteiger partial charge in [-0.15, -0.1) is 0 Å². The summed E-state index contributed by atoms with van der Waals surface area (Å²) in [5.41, 5.74) is 5.42. The van der Waals surface area contributed by atoms with Crippen LogP contribution in [0.15, 0.2) is 23.1 Å². The van der Waals surface area contributed by atoms with E-state index in [0.717, 1.165) is 12.1 Å². The molecule has 0 heterocycles. The smallest absolute Gasteiger partial charge is 0.744 e. The summed E-state index contributed by atoms with van der Waals surface area (Å²) in [4.78, 5) is -0.410. The predicted molar refractivity (Wildman–Crippen MR) is 43.8 cm³/mol. The van der Waals surface area contributed by atoms with Crippen molar-refractivity contribution in [2.75, 3.05) is 5.73 Å². The van der Waals surface area contributed by atoms with Crippen LogP contribution in [0, 0.1) is 0 Å². The van der Waals surface area contributed by atoms with Crippen LogP contribution in [0.4, 0.5) is 5.69 Å². The van der Waals surface area contributed by atoms with E-state index in [1.807, 2.05) is 0 Å². The number of benzene rings is 1. The maximum Gasteiger partial charge on any atom is 1.00 e. The standard InChI is InChI=1S/C6H6ClNO3S.K/c7-4-1-5(8)3-6(2-4)12(9,10)11;/h1-3H,8H2,(H,9,10,11);/q;+1/p-1. The molecule has 0 spiro atoms. The van der Waals surface area contributed by atoms with Crippen molar-refractivity contribution in [2.24, 2.45) is 0 Å². The van der Waals surface area contributed by atoms with Crippen LogP contribution in [0.3, 0.4) is 0 Å². The van der Waals surface area contributed by atoms with E-state index in [1.54, 1.807) is 0 Å². The van der Waals surface area contributed by atoms with E-state index in [9.17, 15) is 13.0 Å². The fourth-order valence-electron chi connectivity index (χ4n) is 0.729. The Morgan fingerprint density at radius 3 is 2.23 bits per heavy atom. The fraction of sp³-hybridized carbons (Fsp3) is 0. The molecule has 0 unspecified atom stereocenters. The van der Waals surface area contributed by atoms with Gasteiger partial charge < -0.3 is 10.3 Å². The van der Waals surface area contributed by atoms with Crippen molar-refractivity contribution in [1.82, 2.24) is 0 Å². The van der Waals surface area contributed by atoms with Gasteiger partial charge in [0.1, 0.15) is 10.1 Å². The van der Waals surface area contributed by atoms with Crippen LogP contribution in [0.25, 0.3) is 0 Å². The normalized spacial score (nSPS) is 10.6. The van der Waals surface area contributed by atoms with E-state index < -0.39 is 15.0 Å². The van der Waals surface area contributed by atoms with Gasteiger partial charge in [-0.2, -0.15) is 0 Å². The first-order chi connectivity index (χ1) is 5.39. The molecule has 0 bridgehead atoms. The number of anilines is 1. The summed E-state index contributed by atoms with van der Waals surface area (Å²) in [5.74, 6) is 0. The van der Waals surface area contributed by atoms with Gasteiger partial charge in [0.2, 0.25) is 0 Å². The third-order valence-corrected chi connectivity index (χ3v) is 2.21. The second-order valence-corrected chi connectivity index (χ2v) is 3.99. The Morgan fingerprint density at radius 1 is 1.31 bits per heavy atom. The van der Waals surface area contributed by atoms with Gasteiger partial charge in [-0.25, -0.2) is 8.42 Å². The average Bonchev–Trinajstić information content (AvgIpc) is 1.82. The number of halogens is 1. The van der Waals surface area contributed by atoms with Crippen molar-refractivity contribution >= 4 is 27.4 Å². The molecule has 0 saturated carbocycles. The van der Waals surface area contributed by atoms with Gasteiger partial charge >= 0.3 is 51.4 Å². The Balaban J connectivity index is 0.00000144. The van der Waals surface area contributed by atoms with Crippen molar-refractivity contribution < 1.29 is 64.4 Å². The number of rotatable bonds is 1. The fourth-order valence-corrected chi connectivity index (χ4v) is 1.59. The van der Waals surface area contributed by atoms with Crippen LogP contribution < -0.4 is 57.1 Å². The molecule has 0 aliphatic heterocycles. The minimum Gasteiger partial charge on any atom is -0.744 e. The molecule has 1 aromatic rings. The summed E-state index contributed by atoms with van der Waals surface area (Å²) in [6, 6.07) is 3.48. The first kappa shape index (κ1) is 13.9. The molecule has 7 heteroatoms. The number of nitrogen functional groups attached to an aromatic ring is 1. The van der Waals surface area contributed by atoms with E-state index >= 15 is 0 Å². The van der Waals surface area contributed by atoms with Gasteiger partial charge in [-0.05, 0) is 18.2 Å². The maximum absolute atomic E-state index is 10.5. The van der Waals surface area contributed by atoms with E-state index in [1.165, 1.54) is 6.07 Å². The molecule has 0 amide bonds. The number of nitrogens with two attached hydrogens (primary N) is 1. The molecule has 0 aliphatic rings. The van der Waals surface area contributed by atoms with Crippen LogP contribution in [0.5, 0.6) is 0 Å². The minimum atomic E-state index is -4.46. The first-order valence-corrected chi connectivity index (χ1v) is 4.70. The number of hydrogen-bond donors (Lipinski definition) is 1. The summed E-state index contributed by atoms with van der Waals surface area (Å²) in [6.45, 7) is 0. The van der Waals surface area contributed by atoms with Crippen molar-refractivity contribution in [3.63, 3.8) is 0 Å². The predicted octanol–water partition coefficient (Wildman–Crippen LogP) is -2.17. The Labute approximate surface area is 124 Å². The summed E-state index contributed by atoms with van der Waals surface area (Å²) in [5, 5.41) is 0.129. The summed E-state index contributed by atoms with van der Waals surface area (Å²) < 4.78 is 31.4. The molecule has 66 valence electrons. The van der Waals surface area contributed by atoms with Gasteiger partial charge in [-0.3, -0.25) is 0 Å². The molecular weight excluding hydrogens is 241 g/mol. The van der Waals surface area contributed by atoms with Crippen LogP contribution in [0.2, 0.25) is 5.02 Å². The molecule has 13 heavy (non-hydrogen) atoms. The van der Waals surface area contributed by atoms with Crippen molar-refractivity contribution in [1.29, 1.82) is 0 Å². The topological polar surface area (TPSA) is 83.2 Å². The van der Waals surface area contributed by atoms with E-state index in [2.05, 4.69) is 0 Å². The van der Waals surface area contributed by atoms with E-state index in [0.29, 0.717) is 0 Å². The molecule has 0 atom stereocenters. The zero-order valence-corrected chi connectivity index (χ0v) is 11.5. The molecule has 2 N–H and O–H groups in total. The Kier molecular flexibility index (Phi) is 5.42. The second kappa shape index (κ2) is 5.08. The molecule has 1 aromatic carbocycles. The summed E-state index contributed by atoms with van der Waals surface area (Å²) >= 11 is 5.47. The largest absolute Gasteiger partial charge is 1.00 e. The van der Waals surface area contributed by atoms with Crippen molar-refractivity contribution in [3.8, 4) is 0 Å². The van der Waals surface area contributed by atoms with Crippen LogP contribution in [0.1, 0.15) is 0 Å². The molecule has 0 saturated heterocycles. The molecule has 0 aliphatic carbocycles. The van der Waals surface area contributed by atoms with Crippen LogP contribution in [-0.2, 0) is 10.1 Å². The zero-order valence-electron chi connectivity index (χ0n) is 6.82. The zero-order chi connectivity index (χ0) is 9.35. The first-order valence-electron chi connectivity index (χ1n) is 2.91. The molecular formula is C6H5ClKNO3S. The Morgan fingerprint density at radius 2 is 1.85 bits per heavy atom. The van der Waals surface area contributed by atoms with Gasteiger partial charge in [0.05, 0.1) is 4.90 Å².